The third-order valence-electron chi connectivity index (χ3n) is 3.45. The van der Waals surface area contributed by atoms with Crippen molar-refractivity contribution in [3.8, 4) is 23.3 Å². The minimum atomic E-state index is 0.420. The zero-order valence-electron chi connectivity index (χ0n) is 13.0. The van der Waals surface area contributed by atoms with E-state index >= 15 is 0 Å². The topological polar surface area (TPSA) is 24.9 Å². The lowest BCUT2D eigenvalue weighted by Crippen LogP contribution is -2.44. The van der Waals surface area contributed by atoms with Crippen molar-refractivity contribution in [3.05, 3.63) is 24.3 Å². The molecule has 1 aliphatic heterocycles. The number of nitrogens with zero attached hydrogens (tertiary/aromatic N) is 2. The average Bonchev–Trinajstić information content (AvgIpc) is 2.50. The molecule has 0 aliphatic carbocycles. The largest absolute Gasteiger partial charge is 0.494 e. The van der Waals surface area contributed by atoms with E-state index in [0.29, 0.717) is 13.2 Å². The van der Waals surface area contributed by atoms with Gasteiger partial charge in [-0.2, -0.15) is 0 Å². The Morgan fingerprint density at radius 2 is 1.76 bits per heavy atom. The predicted octanol–water partition coefficient (Wildman–Crippen LogP) is 1.71. The quantitative estimate of drug-likeness (QED) is 0.770. The van der Waals surface area contributed by atoms with Crippen molar-refractivity contribution >= 4 is 0 Å². The molecule has 1 saturated heterocycles. The van der Waals surface area contributed by atoms with E-state index < -0.39 is 0 Å². The molecule has 0 amide bonds. The Morgan fingerprint density at radius 1 is 1.05 bits per heavy atom. The summed E-state index contributed by atoms with van der Waals surface area (Å²) in [4.78, 5) is 4.72. The van der Waals surface area contributed by atoms with Crippen molar-refractivity contribution < 1.29 is 9.47 Å². The highest BCUT2D eigenvalue weighted by Crippen LogP contribution is 2.18. The van der Waals surface area contributed by atoms with Crippen LogP contribution in [-0.4, -0.2) is 62.8 Å². The van der Waals surface area contributed by atoms with Crippen LogP contribution in [0.5, 0.6) is 11.5 Å². The van der Waals surface area contributed by atoms with E-state index in [1.54, 1.807) is 0 Å². The smallest absolute Gasteiger partial charge is 0.149 e. The van der Waals surface area contributed by atoms with Gasteiger partial charge in [0.15, 0.2) is 0 Å². The SMILES string of the molecule is CCOc1cccc(OCC#CCN2CCN(C)CC2)c1. The van der Waals surface area contributed by atoms with Gasteiger partial charge >= 0.3 is 0 Å². The number of hydrogen-bond acceptors (Lipinski definition) is 4. The molecule has 1 fully saturated rings. The van der Waals surface area contributed by atoms with Crippen molar-refractivity contribution in [2.75, 3.05) is 53.0 Å². The third kappa shape index (κ3) is 5.66. The number of rotatable bonds is 5. The van der Waals surface area contributed by atoms with Gasteiger partial charge in [0.25, 0.3) is 0 Å². The van der Waals surface area contributed by atoms with Crippen LogP contribution in [0, 0.1) is 11.8 Å². The maximum atomic E-state index is 5.62. The van der Waals surface area contributed by atoms with Crippen LogP contribution in [0.3, 0.4) is 0 Å². The van der Waals surface area contributed by atoms with Crippen LogP contribution in [0.2, 0.25) is 0 Å². The van der Waals surface area contributed by atoms with E-state index in [2.05, 4.69) is 28.7 Å². The fraction of sp³-hybridized carbons (Fsp3) is 0.529. The highest BCUT2D eigenvalue weighted by molar-refractivity contribution is 5.33. The molecule has 4 heteroatoms. The van der Waals surface area contributed by atoms with Crippen molar-refractivity contribution in [3.63, 3.8) is 0 Å². The molecule has 21 heavy (non-hydrogen) atoms. The summed E-state index contributed by atoms with van der Waals surface area (Å²) >= 11 is 0. The lowest BCUT2D eigenvalue weighted by atomic mass is 10.3. The van der Waals surface area contributed by atoms with Gasteiger partial charge in [-0.05, 0) is 26.1 Å². The molecule has 0 atom stereocenters. The zero-order valence-corrected chi connectivity index (χ0v) is 13.0. The molecule has 0 saturated carbocycles. The van der Waals surface area contributed by atoms with E-state index in [1.807, 2.05) is 31.2 Å². The van der Waals surface area contributed by atoms with E-state index in [-0.39, 0.29) is 0 Å². The standard InChI is InChI=1S/C17H24N2O2/c1-3-20-16-7-6-8-17(15-16)21-14-5-4-9-19-12-10-18(2)11-13-19/h6-8,15H,3,9-14H2,1-2H3. The first-order valence-corrected chi connectivity index (χ1v) is 7.50. The summed E-state index contributed by atoms with van der Waals surface area (Å²) in [6.45, 7) is 8.33. The van der Waals surface area contributed by atoms with Crippen molar-refractivity contribution in [2.45, 2.75) is 6.92 Å². The lowest BCUT2D eigenvalue weighted by molar-refractivity contribution is 0.168. The average molecular weight is 288 g/mol. The fourth-order valence-electron chi connectivity index (χ4n) is 2.16. The van der Waals surface area contributed by atoms with Crippen LogP contribution in [-0.2, 0) is 0 Å². The molecule has 114 valence electrons. The zero-order chi connectivity index (χ0) is 14.9. The number of benzene rings is 1. The Balaban J connectivity index is 1.69. The second-order valence-corrected chi connectivity index (χ2v) is 5.13. The number of ether oxygens (including phenoxy) is 2. The second-order valence-electron chi connectivity index (χ2n) is 5.13. The third-order valence-corrected chi connectivity index (χ3v) is 3.45. The summed E-state index contributed by atoms with van der Waals surface area (Å²) in [7, 11) is 2.16. The molecule has 1 aliphatic rings. The van der Waals surface area contributed by atoms with Gasteiger partial charge in [-0.25, -0.2) is 0 Å². The van der Waals surface area contributed by atoms with Gasteiger partial charge < -0.3 is 14.4 Å². The summed E-state index contributed by atoms with van der Waals surface area (Å²) in [5, 5.41) is 0. The van der Waals surface area contributed by atoms with Gasteiger partial charge in [-0.15, -0.1) is 0 Å². The molecule has 0 aromatic heterocycles. The molecule has 0 spiro atoms. The van der Waals surface area contributed by atoms with Gasteiger partial charge in [0.1, 0.15) is 18.1 Å². The molecule has 1 heterocycles. The predicted molar refractivity (Wildman–Crippen MR) is 84.8 cm³/mol. The summed E-state index contributed by atoms with van der Waals surface area (Å²) in [5.41, 5.74) is 0. The molecular weight excluding hydrogens is 264 g/mol. The molecule has 1 aromatic carbocycles. The maximum absolute atomic E-state index is 5.62. The monoisotopic (exact) mass is 288 g/mol. The normalized spacial score (nSPS) is 16.1. The van der Waals surface area contributed by atoms with Crippen molar-refractivity contribution in [1.29, 1.82) is 0 Å². The van der Waals surface area contributed by atoms with E-state index in [1.165, 1.54) is 0 Å². The Morgan fingerprint density at radius 3 is 2.48 bits per heavy atom. The molecule has 4 nitrogen and oxygen atoms in total. The molecule has 1 aromatic rings. The molecule has 0 bridgehead atoms. The lowest BCUT2D eigenvalue weighted by Gasteiger charge is -2.30. The Bertz CT molecular complexity index is 485. The molecule has 0 unspecified atom stereocenters. The van der Waals surface area contributed by atoms with Gasteiger partial charge in [0.2, 0.25) is 0 Å². The summed E-state index contributed by atoms with van der Waals surface area (Å²) in [6, 6.07) is 7.67. The van der Waals surface area contributed by atoms with E-state index in [0.717, 1.165) is 44.2 Å². The Hall–Kier alpha value is -1.70. The molecule has 2 rings (SSSR count). The highest BCUT2D eigenvalue weighted by Gasteiger charge is 2.11. The van der Waals surface area contributed by atoms with E-state index in [9.17, 15) is 0 Å². The molecular formula is C17H24N2O2. The Labute approximate surface area is 127 Å². The first kappa shape index (κ1) is 15.7. The molecule has 0 radical (unpaired) electrons. The highest BCUT2D eigenvalue weighted by atomic mass is 16.5. The van der Waals surface area contributed by atoms with Gasteiger partial charge in [0.05, 0.1) is 13.2 Å². The van der Waals surface area contributed by atoms with Gasteiger partial charge in [-0.3, -0.25) is 4.90 Å². The minimum absolute atomic E-state index is 0.420. The second kappa shape index (κ2) is 8.56. The number of piperazine rings is 1. The first-order valence-electron chi connectivity index (χ1n) is 7.50. The van der Waals surface area contributed by atoms with Crippen molar-refractivity contribution in [2.24, 2.45) is 0 Å². The van der Waals surface area contributed by atoms with Crippen LogP contribution in [0.25, 0.3) is 0 Å². The summed E-state index contributed by atoms with van der Waals surface area (Å²) in [6.07, 6.45) is 0. The van der Waals surface area contributed by atoms with Crippen LogP contribution in [0.1, 0.15) is 6.92 Å². The van der Waals surface area contributed by atoms with Crippen LogP contribution in [0.4, 0.5) is 0 Å². The van der Waals surface area contributed by atoms with Crippen LogP contribution < -0.4 is 9.47 Å². The number of hydrogen-bond donors (Lipinski definition) is 0. The van der Waals surface area contributed by atoms with Gasteiger partial charge in [-0.1, -0.05) is 17.9 Å². The van der Waals surface area contributed by atoms with E-state index in [4.69, 9.17) is 9.47 Å². The maximum Gasteiger partial charge on any atom is 0.149 e. The van der Waals surface area contributed by atoms with Gasteiger partial charge in [0, 0.05) is 32.2 Å². The number of likely N-dealkylation sites (N-methyl/N-ethyl adjacent to an activating group) is 1. The minimum Gasteiger partial charge on any atom is -0.494 e. The molecule has 0 N–H and O–H groups in total. The van der Waals surface area contributed by atoms with Crippen LogP contribution in [0.15, 0.2) is 24.3 Å². The van der Waals surface area contributed by atoms with Crippen LogP contribution >= 0.6 is 0 Å². The first-order chi connectivity index (χ1) is 10.3. The fourth-order valence-corrected chi connectivity index (χ4v) is 2.16. The van der Waals surface area contributed by atoms with Crippen molar-refractivity contribution in [1.82, 2.24) is 9.80 Å². The summed E-state index contributed by atoms with van der Waals surface area (Å²) in [5.74, 6) is 7.89. The summed E-state index contributed by atoms with van der Waals surface area (Å²) < 4.78 is 11.1. The Kier molecular flexibility index (Phi) is 6.39.